The quantitative estimate of drug-likeness (QED) is 0.844. The third-order valence-corrected chi connectivity index (χ3v) is 1.99. The van der Waals surface area contributed by atoms with Crippen LogP contribution in [0.1, 0.15) is 17.3 Å². The summed E-state index contributed by atoms with van der Waals surface area (Å²) in [6, 6.07) is 5.41. The molecule has 2 rings (SSSR count). The van der Waals surface area contributed by atoms with Crippen LogP contribution in [0.3, 0.4) is 0 Å². The summed E-state index contributed by atoms with van der Waals surface area (Å²) in [5.74, 6) is 1.41. The summed E-state index contributed by atoms with van der Waals surface area (Å²) in [6.45, 7) is 2.35. The number of aromatic nitrogens is 2. The summed E-state index contributed by atoms with van der Waals surface area (Å²) in [5, 5.41) is 11.7. The number of hydrogen-bond acceptors (Lipinski definition) is 5. The molecule has 1 N–H and O–H groups in total. The number of oxazole rings is 1. The molecular formula is C11H10N4O. The van der Waals surface area contributed by atoms with Gasteiger partial charge in [-0.1, -0.05) is 0 Å². The average Bonchev–Trinajstić information content (AvgIpc) is 2.73. The molecular weight excluding hydrogens is 204 g/mol. The van der Waals surface area contributed by atoms with Crippen molar-refractivity contribution in [2.24, 2.45) is 0 Å². The van der Waals surface area contributed by atoms with E-state index >= 15 is 0 Å². The van der Waals surface area contributed by atoms with E-state index in [1.54, 1.807) is 24.5 Å². The summed E-state index contributed by atoms with van der Waals surface area (Å²) in [5.41, 5.74) is 1.23. The van der Waals surface area contributed by atoms with Gasteiger partial charge in [0.05, 0.1) is 24.6 Å². The summed E-state index contributed by atoms with van der Waals surface area (Å²) >= 11 is 0. The zero-order valence-electron chi connectivity index (χ0n) is 8.77. The maximum absolute atomic E-state index is 8.58. The van der Waals surface area contributed by atoms with Gasteiger partial charge in [-0.25, -0.2) is 9.97 Å². The van der Waals surface area contributed by atoms with Gasteiger partial charge in [0.25, 0.3) is 0 Å². The van der Waals surface area contributed by atoms with Gasteiger partial charge in [-0.3, -0.25) is 0 Å². The molecule has 0 atom stereocenters. The third kappa shape index (κ3) is 2.36. The molecule has 2 aromatic rings. The fourth-order valence-corrected chi connectivity index (χ4v) is 1.23. The summed E-state index contributed by atoms with van der Waals surface area (Å²) in [6.07, 6.45) is 3.28. The van der Waals surface area contributed by atoms with Gasteiger partial charge in [0.2, 0.25) is 5.89 Å². The van der Waals surface area contributed by atoms with Crippen molar-refractivity contribution in [3.8, 4) is 6.07 Å². The van der Waals surface area contributed by atoms with Gasteiger partial charge in [-0.2, -0.15) is 5.26 Å². The van der Waals surface area contributed by atoms with Crippen molar-refractivity contribution in [1.29, 1.82) is 5.26 Å². The Morgan fingerprint density at radius 2 is 2.25 bits per heavy atom. The normalized spacial score (nSPS) is 9.75. The van der Waals surface area contributed by atoms with Crippen molar-refractivity contribution in [2.45, 2.75) is 13.5 Å². The molecule has 5 nitrogen and oxygen atoms in total. The fraction of sp³-hybridized carbons (Fsp3) is 0.182. The maximum Gasteiger partial charge on any atom is 0.213 e. The van der Waals surface area contributed by atoms with Crippen molar-refractivity contribution in [1.82, 2.24) is 9.97 Å². The smallest absolute Gasteiger partial charge is 0.213 e. The number of nitrogens with zero attached hydrogens (tertiary/aromatic N) is 3. The highest BCUT2D eigenvalue weighted by molar-refractivity contribution is 5.42. The standard InChI is InChI=1S/C11H10N4O/c1-8-5-15-11(16-8)7-14-10-3-2-9(4-12)13-6-10/h2-3,5-6,14H,7H2,1H3. The number of hydrogen-bond donors (Lipinski definition) is 1. The molecule has 0 fully saturated rings. The van der Waals surface area contributed by atoms with Crippen LogP contribution in [-0.4, -0.2) is 9.97 Å². The number of anilines is 1. The van der Waals surface area contributed by atoms with E-state index in [0.29, 0.717) is 18.1 Å². The van der Waals surface area contributed by atoms with E-state index < -0.39 is 0 Å². The van der Waals surface area contributed by atoms with Crippen molar-refractivity contribution in [3.05, 3.63) is 41.9 Å². The van der Waals surface area contributed by atoms with Gasteiger partial charge in [0.15, 0.2) is 0 Å². The number of nitriles is 1. The lowest BCUT2D eigenvalue weighted by molar-refractivity contribution is 0.479. The molecule has 0 aliphatic rings. The second kappa shape index (κ2) is 4.45. The van der Waals surface area contributed by atoms with E-state index in [9.17, 15) is 0 Å². The van der Waals surface area contributed by atoms with E-state index in [1.807, 2.05) is 13.0 Å². The van der Waals surface area contributed by atoms with Crippen LogP contribution in [0.4, 0.5) is 5.69 Å². The van der Waals surface area contributed by atoms with Gasteiger partial charge >= 0.3 is 0 Å². The third-order valence-electron chi connectivity index (χ3n) is 1.99. The second-order valence-electron chi connectivity index (χ2n) is 3.26. The topological polar surface area (TPSA) is 74.7 Å². The van der Waals surface area contributed by atoms with Crippen LogP contribution in [0, 0.1) is 18.3 Å². The summed E-state index contributed by atoms with van der Waals surface area (Å²) in [4.78, 5) is 8.00. The van der Waals surface area contributed by atoms with Crippen LogP contribution in [0.2, 0.25) is 0 Å². The molecule has 0 aromatic carbocycles. The highest BCUT2D eigenvalue weighted by atomic mass is 16.4. The Morgan fingerprint density at radius 1 is 1.38 bits per heavy atom. The number of rotatable bonds is 3. The van der Waals surface area contributed by atoms with Crippen LogP contribution in [0.5, 0.6) is 0 Å². The van der Waals surface area contributed by atoms with Crippen molar-refractivity contribution < 1.29 is 4.42 Å². The second-order valence-corrected chi connectivity index (χ2v) is 3.26. The van der Waals surface area contributed by atoms with Crippen molar-refractivity contribution in [3.63, 3.8) is 0 Å². The van der Waals surface area contributed by atoms with Crippen LogP contribution in [0.25, 0.3) is 0 Å². The lowest BCUT2D eigenvalue weighted by atomic mass is 10.3. The highest BCUT2D eigenvalue weighted by Gasteiger charge is 2.00. The Morgan fingerprint density at radius 3 is 2.81 bits per heavy atom. The van der Waals surface area contributed by atoms with Gasteiger partial charge in [0, 0.05) is 0 Å². The molecule has 0 unspecified atom stereocenters. The maximum atomic E-state index is 8.58. The van der Waals surface area contributed by atoms with Crippen molar-refractivity contribution >= 4 is 5.69 Å². The number of nitrogens with one attached hydrogen (secondary N) is 1. The minimum absolute atomic E-state index is 0.400. The van der Waals surface area contributed by atoms with Crippen LogP contribution in [-0.2, 0) is 6.54 Å². The Hall–Kier alpha value is -2.35. The first-order chi connectivity index (χ1) is 7.78. The molecule has 0 saturated heterocycles. The molecule has 0 radical (unpaired) electrons. The lowest BCUT2D eigenvalue weighted by Gasteiger charge is -2.02. The molecule has 2 heterocycles. The lowest BCUT2D eigenvalue weighted by Crippen LogP contribution is -2.00. The molecule has 0 saturated carbocycles. The first-order valence-corrected chi connectivity index (χ1v) is 4.79. The van der Waals surface area contributed by atoms with Gasteiger partial charge in [-0.05, 0) is 19.1 Å². The highest BCUT2D eigenvalue weighted by Crippen LogP contribution is 2.08. The zero-order chi connectivity index (χ0) is 11.4. The van der Waals surface area contributed by atoms with E-state index in [2.05, 4.69) is 15.3 Å². The van der Waals surface area contributed by atoms with Crippen molar-refractivity contribution in [2.75, 3.05) is 5.32 Å². The molecule has 80 valence electrons. The molecule has 0 aliphatic heterocycles. The summed E-state index contributed by atoms with van der Waals surface area (Å²) in [7, 11) is 0. The fourth-order valence-electron chi connectivity index (χ4n) is 1.23. The first-order valence-electron chi connectivity index (χ1n) is 4.79. The molecule has 0 spiro atoms. The predicted molar refractivity (Wildman–Crippen MR) is 57.5 cm³/mol. The van der Waals surface area contributed by atoms with E-state index in [0.717, 1.165) is 11.4 Å². The largest absolute Gasteiger partial charge is 0.444 e. The Bertz CT molecular complexity index is 510. The average molecular weight is 214 g/mol. The number of aryl methyl sites for hydroxylation is 1. The minimum atomic E-state index is 0.400. The Labute approximate surface area is 92.8 Å². The molecule has 5 heteroatoms. The predicted octanol–water partition coefficient (Wildman–Crippen LogP) is 1.86. The number of pyridine rings is 1. The molecule has 2 aromatic heterocycles. The SMILES string of the molecule is Cc1cnc(CNc2ccc(C#N)nc2)o1. The summed E-state index contributed by atoms with van der Waals surface area (Å²) < 4.78 is 5.30. The van der Waals surface area contributed by atoms with Gasteiger partial charge in [0.1, 0.15) is 17.5 Å². The molecule has 16 heavy (non-hydrogen) atoms. The van der Waals surface area contributed by atoms with Gasteiger partial charge in [-0.15, -0.1) is 0 Å². The van der Waals surface area contributed by atoms with Crippen LogP contribution >= 0.6 is 0 Å². The molecule has 0 amide bonds. The molecule has 0 bridgehead atoms. The Balaban J connectivity index is 1.97. The van der Waals surface area contributed by atoms with Crippen LogP contribution in [0.15, 0.2) is 28.9 Å². The molecule has 0 aliphatic carbocycles. The van der Waals surface area contributed by atoms with Crippen LogP contribution < -0.4 is 5.32 Å². The first kappa shape index (κ1) is 10.2. The Kier molecular flexibility index (Phi) is 2.83. The minimum Gasteiger partial charge on any atom is -0.444 e. The van der Waals surface area contributed by atoms with E-state index in [-0.39, 0.29) is 0 Å². The monoisotopic (exact) mass is 214 g/mol. The zero-order valence-corrected chi connectivity index (χ0v) is 8.77. The van der Waals surface area contributed by atoms with E-state index in [4.69, 9.17) is 9.68 Å². The van der Waals surface area contributed by atoms with E-state index in [1.165, 1.54) is 0 Å². The van der Waals surface area contributed by atoms with Gasteiger partial charge < -0.3 is 9.73 Å².